The first-order valence-corrected chi connectivity index (χ1v) is 6.14. The summed E-state index contributed by atoms with van der Waals surface area (Å²) in [6, 6.07) is 23.0. The standard InChI is InChI=1S/C17H15N/c18-16-9-3-5-13(12-16)11-15-8-4-7-14-6-1-2-10-17(14)15/h1-10,12H,11,18H2. The van der Waals surface area contributed by atoms with Crippen LogP contribution in [0.3, 0.4) is 0 Å². The number of anilines is 1. The Morgan fingerprint density at radius 1 is 0.778 bits per heavy atom. The Balaban J connectivity index is 2.05. The fourth-order valence-corrected chi connectivity index (χ4v) is 2.37. The molecule has 0 atom stereocenters. The smallest absolute Gasteiger partial charge is 0.0316 e. The molecular weight excluding hydrogens is 218 g/mol. The fourth-order valence-electron chi connectivity index (χ4n) is 2.37. The van der Waals surface area contributed by atoms with Gasteiger partial charge in [-0.15, -0.1) is 0 Å². The maximum Gasteiger partial charge on any atom is 0.0316 e. The summed E-state index contributed by atoms with van der Waals surface area (Å²) in [6.45, 7) is 0. The monoisotopic (exact) mass is 233 g/mol. The zero-order valence-electron chi connectivity index (χ0n) is 10.1. The van der Waals surface area contributed by atoms with E-state index in [1.165, 1.54) is 21.9 Å². The molecule has 3 aromatic rings. The van der Waals surface area contributed by atoms with Crippen molar-refractivity contribution in [2.75, 3.05) is 5.73 Å². The number of fused-ring (bicyclic) bond motifs is 1. The molecule has 0 heterocycles. The largest absolute Gasteiger partial charge is 0.399 e. The van der Waals surface area contributed by atoms with Crippen LogP contribution in [0.5, 0.6) is 0 Å². The lowest BCUT2D eigenvalue weighted by Gasteiger charge is -2.07. The maximum atomic E-state index is 5.82. The van der Waals surface area contributed by atoms with Crippen molar-refractivity contribution in [2.24, 2.45) is 0 Å². The number of hydrogen-bond acceptors (Lipinski definition) is 1. The van der Waals surface area contributed by atoms with Crippen LogP contribution in [0.4, 0.5) is 5.69 Å². The van der Waals surface area contributed by atoms with Crippen LogP contribution in [-0.4, -0.2) is 0 Å². The van der Waals surface area contributed by atoms with Gasteiger partial charge in [-0.05, 0) is 40.5 Å². The zero-order chi connectivity index (χ0) is 12.4. The Morgan fingerprint density at radius 3 is 2.44 bits per heavy atom. The van der Waals surface area contributed by atoms with Gasteiger partial charge in [0.05, 0.1) is 0 Å². The lowest BCUT2D eigenvalue weighted by atomic mass is 9.98. The first kappa shape index (κ1) is 10.8. The minimum Gasteiger partial charge on any atom is -0.399 e. The average molecular weight is 233 g/mol. The number of hydrogen-bond donors (Lipinski definition) is 1. The highest BCUT2D eigenvalue weighted by Gasteiger charge is 2.01. The predicted molar refractivity (Wildman–Crippen MR) is 77.6 cm³/mol. The molecule has 3 rings (SSSR count). The van der Waals surface area contributed by atoms with E-state index < -0.39 is 0 Å². The van der Waals surface area contributed by atoms with Crippen LogP contribution in [0.1, 0.15) is 11.1 Å². The van der Waals surface area contributed by atoms with Crippen LogP contribution in [0, 0.1) is 0 Å². The lowest BCUT2D eigenvalue weighted by molar-refractivity contribution is 1.22. The molecule has 0 saturated carbocycles. The van der Waals surface area contributed by atoms with Crippen molar-refractivity contribution < 1.29 is 0 Å². The van der Waals surface area contributed by atoms with E-state index in [1.807, 2.05) is 18.2 Å². The Morgan fingerprint density at radius 2 is 1.56 bits per heavy atom. The molecule has 0 bridgehead atoms. The van der Waals surface area contributed by atoms with Gasteiger partial charge < -0.3 is 5.73 Å². The van der Waals surface area contributed by atoms with Gasteiger partial charge in [0.15, 0.2) is 0 Å². The Bertz CT molecular complexity index is 681. The molecule has 0 aliphatic heterocycles. The third kappa shape index (κ3) is 2.07. The molecule has 0 radical (unpaired) electrons. The summed E-state index contributed by atoms with van der Waals surface area (Å²) in [5.41, 5.74) is 9.25. The van der Waals surface area contributed by atoms with Crippen molar-refractivity contribution in [1.29, 1.82) is 0 Å². The van der Waals surface area contributed by atoms with E-state index in [-0.39, 0.29) is 0 Å². The molecule has 1 nitrogen and oxygen atoms in total. The van der Waals surface area contributed by atoms with Gasteiger partial charge in [0.2, 0.25) is 0 Å². The molecule has 0 aromatic heterocycles. The zero-order valence-corrected chi connectivity index (χ0v) is 10.1. The minimum absolute atomic E-state index is 0.827. The van der Waals surface area contributed by atoms with E-state index in [4.69, 9.17) is 5.73 Å². The summed E-state index contributed by atoms with van der Waals surface area (Å²) in [4.78, 5) is 0. The summed E-state index contributed by atoms with van der Waals surface area (Å²) in [5, 5.41) is 2.61. The molecule has 0 unspecified atom stereocenters. The Kier molecular flexibility index (Phi) is 2.73. The van der Waals surface area contributed by atoms with Gasteiger partial charge in [0, 0.05) is 5.69 Å². The van der Waals surface area contributed by atoms with Crippen molar-refractivity contribution in [3.05, 3.63) is 77.9 Å². The van der Waals surface area contributed by atoms with Gasteiger partial charge in [-0.2, -0.15) is 0 Å². The van der Waals surface area contributed by atoms with Crippen LogP contribution >= 0.6 is 0 Å². The Hall–Kier alpha value is -2.28. The Labute approximate surface area is 107 Å². The molecule has 0 fully saturated rings. The second-order valence-electron chi connectivity index (χ2n) is 4.56. The molecule has 0 spiro atoms. The van der Waals surface area contributed by atoms with Gasteiger partial charge in [0.1, 0.15) is 0 Å². The summed E-state index contributed by atoms with van der Waals surface area (Å²) in [7, 11) is 0. The van der Waals surface area contributed by atoms with Gasteiger partial charge in [0.25, 0.3) is 0 Å². The van der Waals surface area contributed by atoms with E-state index in [9.17, 15) is 0 Å². The molecule has 0 aliphatic carbocycles. The number of nitrogen functional groups attached to an aromatic ring is 1. The SMILES string of the molecule is Nc1cccc(Cc2cccc3ccccc23)c1. The molecule has 3 aromatic carbocycles. The van der Waals surface area contributed by atoms with E-state index in [1.54, 1.807) is 0 Å². The van der Waals surface area contributed by atoms with Crippen LogP contribution in [0.2, 0.25) is 0 Å². The molecule has 88 valence electrons. The number of nitrogens with two attached hydrogens (primary N) is 1. The summed E-state index contributed by atoms with van der Waals surface area (Å²) >= 11 is 0. The second-order valence-corrected chi connectivity index (χ2v) is 4.56. The molecule has 18 heavy (non-hydrogen) atoms. The van der Waals surface area contributed by atoms with Crippen LogP contribution < -0.4 is 5.73 Å². The van der Waals surface area contributed by atoms with E-state index in [0.717, 1.165) is 12.1 Å². The van der Waals surface area contributed by atoms with Gasteiger partial charge in [-0.25, -0.2) is 0 Å². The topological polar surface area (TPSA) is 26.0 Å². The number of rotatable bonds is 2. The lowest BCUT2D eigenvalue weighted by Crippen LogP contribution is -1.92. The highest BCUT2D eigenvalue weighted by Crippen LogP contribution is 2.21. The highest BCUT2D eigenvalue weighted by molar-refractivity contribution is 5.85. The summed E-state index contributed by atoms with van der Waals surface area (Å²) in [5.74, 6) is 0. The normalized spacial score (nSPS) is 10.7. The van der Waals surface area contributed by atoms with Crippen molar-refractivity contribution >= 4 is 16.5 Å². The third-order valence-electron chi connectivity index (χ3n) is 3.23. The minimum atomic E-state index is 0.827. The highest BCUT2D eigenvalue weighted by atomic mass is 14.5. The predicted octanol–water partition coefficient (Wildman–Crippen LogP) is 4.01. The third-order valence-corrected chi connectivity index (χ3v) is 3.23. The van der Waals surface area contributed by atoms with Crippen LogP contribution in [0.25, 0.3) is 10.8 Å². The second kappa shape index (κ2) is 4.53. The fraction of sp³-hybridized carbons (Fsp3) is 0.0588. The molecule has 0 aliphatic rings. The van der Waals surface area contributed by atoms with Crippen molar-refractivity contribution in [3.63, 3.8) is 0 Å². The van der Waals surface area contributed by atoms with Crippen molar-refractivity contribution in [3.8, 4) is 0 Å². The summed E-state index contributed by atoms with van der Waals surface area (Å²) in [6.07, 6.45) is 0.923. The van der Waals surface area contributed by atoms with Gasteiger partial charge >= 0.3 is 0 Å². The molecular formula is C17H15N. The first-order chi connectivity index (χ1) is 8.83. The quantitative estimate of drug-likeness (QED) is 0.665. The number of benzene rings is 3. The van der Waals surface area contributed by atoms with Gasteiger partial charge in [-0.3, -0.25) is 0 Å². The molecule has 0 saturated heterocycles. The van der Waals surface area contributed by atoms with Crippen molar-refractivity contribution in [1.82, 2.24) is 0 Å². The molecule has 2 N–H and O–H groups in total. The molecule has 0 amide bonds. The van der Waals surface area contributed by atoms with Gasteiger partial charge in [-0.1, -0.05) is 54.6 Å². The van der Waals surface area contributed by atoms with E-state index in [0.29, 0.717) is 0 Å². The molecule has 1 heteroatoms. The van der Waals surface area contributed by atoms with Crippen LogP contribution in [0.15, 0.2) is 66.7 Å². The first-order valence-electron chi connectivity index (χ1n) is 6.14. The van der Waals surface area contributed by atoms with E-state index >= 15 is 0 Å². The van der Waals surface area contributed by atoms with E-state index in [2.05, 4.69) is 48.5 Å². The van der Waals surface area contributed by atoms with Crippen LogP contribution in [-0.2, 0) is 6.42 Å². The summed E-state index contributed by atoms with van der Waals surface area (Å²) < 4.78 is 0. The maximum absolute atomic E-state index is 5.82. The average Bonchev–Trinajstić information content (AvgIpc) is 2.39. The van der Waals surface area contributed by atoms with Crippen molar-refractivity contribution in [2.45, 2.75) is 6.42 Å².